The number of hydrogen-bond acceptors (Lipinski definition) is 7. The molecule has 0 fully saturated rings. The van der Waals surface area contributed by atoms with Crippen LogP contribution in [0.3, 0.4) is 0 Å². The molecule has 5 atom stereocenters. The van der Waals surface area contributed by atoms with Crippen molar-refractivity contribution in [1.29, 1.82) is 0 Å². The van der Waals surface area contributed by atoms with Crippen molar-refractivity contribution in [3.63, 3.8) is 0 Å². The van der Waals surface area contributed by atoms with Gasteiger partial charge in [-0.05, 0) is 38.6 Å². The number of carbonyl (C=O) groups is 4. The second-order valence-electron chi connectivity index (χ2n) is 10.5. The van der Waals surface area contributed by atoms with Crippen LogP contribution in [-0.4, -0.2) is 128 Å². The number of hydrogen-bond donors (Lipinski definition) is 2. The molecule has 0 aliphatic heterocycles. The summed E-state index contributed by atoms with van der Waals surface area (Å²) >= 11 is 0. The topological polar surface area (TPSA) is 123 Å². The van der Waals surface area contributed by atoms with Gasteiger partial charge in [0.2, 0.25) is 23.6 Å². The first-order valence-electron chi connectivity index (χ1n) is 13.2. The molecule has 0 rings (SSSR count). The molecule has 0 aromatic carbocycles. The molecule has 11 heteroatoms. The first kappa shape index (κ1) is 35.5. The molecule has 4 amide bonds. The van der Waals surface area contributed by atoms with E-state index in [0.29, 0.717) is 6.42 Å². The van der Waals surface area contributed by atoms with E-state index >= 15 is 0 Å². The van der Waals surface area contributed by atoms with Crippen molar-refractivity contribution in [1.82, 2.24) is 24.9 Å². The molecule has 0 saturated heterocycles. The molecule has 0 saturated carbocycles. The highest BCUT2D eigenvalue weighted by atomic mass is 16.5. The van der Waals surface area contributed by atoms with E-state index in [2.05, 4.69) is 5.32 Å². The van der Waals surface area contributed by atoms with Crippen LogP contribution in [0.15, 0.2) is 12.2 Å². The van der Waals surface area contributed by atoms with Gasteiger partial charge in [-0.2, -0.15) is 0 Å². The Balaban J connectivity index is 6.15. The number of nitrogens with zero attached hydrogens (tertiary/aromatic N) is 4. The van der Waals surface area contributed by atoms with Gasteiger partial charge in [0.25, 0.3) is 0 Å². The highest BCUT2D eigenvalue weighted by molar-refractivity contribution is 5.94. The molecular formula is C27H51N5O6. The number of allylic oxidation sites excluding steroid dienone is 2. The number of methoxy groups -OCH3 is 1. The summed E-state index contributed by atoms with van der Waals surface area (Å²) in [5.41, 5.74) is 0. The number of amides is 4. The van der Waals surface area contributed by atoms with E-state index in [4.69, 9.17) is 4.74 Å². The maximum Gasteiger partial charge on any atom is 0.246 e. The average Bonchev–Trinajstić information content (AvgIpc) is 2.84. The fraction of sp³-hybridized carbons (Fsp3) is 0.778. The van der Waals surface area contributed by atoms with Crippen LogP contribution in [0.1, 0.15) is 47.5 Å². The zero-order valence-corrected chi connectivity index (χ0v) is 25.2. The highest BCUT2D eigenvalue weighted by Gasteiger charge is 2.41. The summed E-state index contributed by atoms with van der Waals surface area (Å²) in [6.45, 7) is 9.30. The van der Waals surface area contributed by atoms with Crippen molar-refractivity contribution in [2.45, 2.75) is 71.7 Å². The lowest BCUT2D eigenvalue weighted by Crippen LogP contribution is -2.62. The second kappa shape index (κ2) is 17.2. The maximum absolute atomic E-state index is 13.7. The van der Waals surface area contributed by atoms with Crippen molar-refractivity contribution in [3.8, 4) is 0 Å². The Bertz CT molecular complexity index is 803. The first-order chi connectivity index (χ1) is 17.7. The molecule has 1 unspecified atom stereocenters. The van der Waals surface area contributed by atoms with Gasteiger partial charge in [-0.3, -0.25) is 24.1 Å². The SMILES string of the molecule is C/C=C/C[C@@H](C)[C@@H](O)C(C(=O)N[C@@H](CC)C(=O)N(C)CC(=O)N(C)C)N(C)C(=O)[C@H](C(C)C)N(C)COC. The normalized spacial score (nSPS) is 15.6. The van der Waals surface area contributed by atoms with E-state index in [1.54, 1.807) is 33.0 Å². The summed E-state index contributed by atoms with van der Waals surface area (Å²) in [4.78, 5) is 58.2. The molecule has 0 aromatic rings. The Hall–Kier alpha value is -2.50. The van der Waals surface area contributed by atoms with Crippen molar-refractivity contribution >= 4 is 23.6 Å². The van der Waals surface area contributed by atoms with Gasteiger partial charge in [-0.15, -0.1) is 0 Å². The zero-order valence-electron chi connectivity index (χ0n) is 25.2. The van der Waals surface area contributed by atoms with Crippen LogP contribution >= 0.6 is 0 Å². The number of ether oxygens (including phenoxy) is 1. The highest BCUT2D eigenvalue weighted by Crippen LogP contribution is 2.20. The lowest BCUT2D eigenvalue weighted by atomic mass is 9.91. The summed E-state index contributed by atoms with van der Waals surface area (Å²) < 4.78 is 5.21. The summed E-state index contributed by atoms with van der Waals surface area (Å²) in [5, 5.41) is 14.0. The van der Waals surface area contributed by atoms with Crippen molar-refractivity contribution in [3.05, 3.63) is 12.2 Å². The van der Waals surface area contributed by atoms with E-state index in [1.165, 1.54) is 35.9 Å². The number of aliphatic hydroxyl groups excluding tert-OH is 1. The molecule has 0 aromatic heterocycles. The molecule has 0 heterocycles. The van der Waals surface area contributed by atoms with Crippen LogP contribution in [0, 0.1) is 11.8 Å². The van der Waals surface area contributed by atoms with Gasteiger partial charge in [0, 0.05) is 35.3 Å². The summed E-state index contributed by atoms with van der Waals surface area (Å²) in [5.74, 6) is -2.10. The van der Waals surface area contributed by atoms with Gasteiger partial charge in [0.1, 0.15) is 12.1 Å². The van der Waals surface area contributed by atoms with E-state index in [1.807, 2.05) is 39.8 Å². The van der Waals surface area contributed by atoms with Crippen LogP contribution in [-0.2, 0) is 23.9 Å². The Kier molecular flexibility index (Phi) is 16.0. The van der Waals surface area contributed by atoms with E-state index in [9.17, 15) is 24.3 Å². The lowest BCUT2D eigenvalue weighted by Gasteiger charge is -2.39. The van der Waals surface area contributed by atoms with Crippen LogP contribution in [0.5, 0.6) is 0 Å². The second-order valence-corrected chi connectivity index (χ2v) is 10.5. The summed E-state index contributed by atoms with van der Waals surface area (Å²) in [6, 6.07) is -2.76. The van der Waals surface area contributed by atoms with Gasteiger partial charge >= 0.3 is 0 Å². The van der Waals surface area contributed by atoms with Crippen molar-refractivity contribution in [2.75, 3.05) is 55.6 Å². The van der Waals surface area contributed by atoms with Gasteiger partial charge < -0.3 is 29.9 Å². The minimum atomic E-state index is -1.24. The van der Waals surface area contributed by atoms with E-state index in [0.717, 1.165) is 0 Å². The fourth-order valence-electron chi connectivity index (χ4n) is 4.26. The first-order valence-corrected chi connectivity index (χ1v) is 13.2. The molecule has 11 nitrogen and oxygen atoms in total. The van der Waals surface area contributed by atoms with Gasteiger partial charge in [-0.1, -0.05) is 39.8 Å². The number of rotatable bonds is 16. The molecule has 0 spiro atoms. The third-order valence-electron chi connectivity index (χ3n) is 6.65. The Labute approximate surface area is 229 Å². The van der Waals surface area contributed by atoms with E-state index < -0.39 is 36.0 Å². The molecule has 0 radical (unpaired) electrons. The Morgan fingerprint density at radius 3 is 2.00 bits per heavy atom. The summed E-state index contributed by atoms with van der Waals surface area (Å²) in [7, 11) is 9.49. The molecule has 0 aliphatic rings. The van der Waals surface area contributed by atoms with Crippen LogP contribution < -0.4 is 5.32 Å². The number of likely N-dealkylation sites (N-methyl/N-ethyl adjacent to an activating group) is 4. The predicted molar refractivity (Wildman–Crippen MR) is 148 cm³/mol. The fourth-order valence-corrected chi connectivity index (χ4v) is 4.26. The van der Waals surface area contributed by atoms with E-state index in [-0.39, 0.29) is 43.3 Å². The van der Waals surface area contributed by atoms with Gasteiger partial charge in [-0.25, -0.2) is 0 Å². The molecule has 0 bridgehead atoms. The molecular weight excluding hydrogens is 490 g/mol. The number of carbonyl (C=O) groups excluding carboxylic acids is 4. The monoisotopic (exact) mass is 541 g/mol. The zero-order chi connectivity index (χ0) is 29.7. The minimum absolute atomic E-state index is 0.0979. The van der Waals surface area contributed by atoms with Crippen molar-refractivity contribution < 1.29 is 29.0 Å². The predicted octanol–water partition coefficient (Wildman–Crippen LogP) is 0.778. The largest absolute Gasteiger partial charge is 0.390 e. The quantitative estimate of drug-likeness (QED) is 0.219. The van der Waals surface area contributed by atoms with Crippen LogP contribution in [0.25, 0.3) is 0 Å². The third-order valence-corrected chi connectivity index (χ3v) is 6.65. The smallest absolute Gasteiger partial charge is 0.246 e. The molecule has 0 aliphatic carbocycles. The summed E-state index contributed by atoms with van der Waals surface area (Å²) in [6.07, 6.45) is 3.33. The Morgan fingerprint density at radius 1 is 0.974 bits per heavy atom. The number of aliphatic hydroxyl groups is 1. The van der Waals surface area contributed by atoms with Crippen LogP contribution in [0.2, 0.25) is 0 Å². The standard InChI is InChI=1S/C27H51N5O6/c1-12-14-15-19(5)24(34)23(32(10)27(37)22(18(3)4)31(9)17-38-11)25(35)28-20(13-2)26(36)30(8)16-21(33)29(6)7/h12,14,18-20,22-24,34H,13,15-17H2,1-11H3,(H,28,35)/b14-12+/t19-,20+,22+,23?,24-/m1/s1. The molecule has 2 N–H and O–H groups in total. The lowest BCUT2D eigenvalue weighted by molar-refractivity contribution is -0.151. The van der Waals surface area contributed by atoms with Gasteiger partial charge in [0.05, 0.1) is 25.4 Å². The van der Waals surface area contributed by atoms with Gasteiger partial charge in [0.15, 0.2) is 0 Å². The van der Waals surface area contributed by atoms with Crippen molar-refractivity contribution in [2.24, 2.45) is 11.8 Å². The molecule has 38 heavy (non-hydrogen) atoms. The van der Waals surface area contributed by atoms with Crippen LogP contribution in [0.4, 0.5) is 0 Å². The number of nitrogens with one attached hydrogen (secondary N) is 1. The Morgan fingerprint density at radius 2 is 1.55 bits per heavy atom. The third kappa shape index (κ3) is 10.3. The minimum Gasteiger partial charge on any atom is -0.390 e. The molecule has 220 valence electrons. The maximum atomic E-state index is 13.7. The average molecular weight is 542 g/mol.